The number of aryl methyl sites for hydroxylation is 3. The van der Waals surface area contributed by atoms with Gasteiger partial charge in [-0.1, -0.05) is 42.0 Å². The molecule has 0 saturated carbocycles. The molecule has 2 aromatic rings. The molecule has 0 fully saturated rings. The Hall–Kier alpha value is -1.29. The van der Waals surface area contributed by atoms with E-state index in [1.165, 1.54) is 32.7 Å². The summed E-state index contributed by atoms with van der Waals surface area (Å²) in [6, 6.07) is 13.4. The van der Waals surface area contributed by atoms with Gasteiger partial charge in [-0.2, -0.15) is 0 Å². The lowest BCUT2D eigenvalue weighted by atomic mass is 10.1. The SMILES string of the molecule is CCOC1Cc2ccccc2C1NSc1c(C)cc(C)cc1C. The lowest BCUT2D eigenvalue weighted by molar-refractivity contribution is 0.0497. The van der Waals surface area contributed by atoms with Gasteiger partial charge in [-0.25, -0.2) is 4.72 Å². The van der Waals surface area contributed by atoms with E-state index in [4.69, 9.17) is 4.74 Å². The lowest BCUT2D eigenvalue weighted by Gasteiger charge is -2.22. The average molecular weight is 327 g/mol. The van der Waals surface area contributed by atoms with E-state index in [1.807, 2.05) is 0 Å². The van der Waals surface area contributed by atoms with Crippen LogP contribution >= 0.6 is 11.9 Å². The number of fused-ring (bicyclic) bond motifs is 1. The van der Waals surface area contributed by atoms with Crippen molar-refractivity contribution in [3.8, 4) is 0 Å². The van der Waals surface area contributed by atoms with Gasteiger partial charge in [0.2, 0.25) is 0 Å². The highest BCUT2D eigenvalue weighted by atomic mass is 32.2. The number of hydrogen-bond acceptors (Lipinski definition) is 3. The predicted molar refractivity (Wildman–Crippen MR) is 97.9 cm³/mol. The number of rotatable bonds is 5. The van der Waals surface area contributed by atoms with E-state index in [0.29, 0.717) is 0 Å². The molecule has 2 nitrogen and oxygen atoms in total. The molecule has 122 valence electrons. The molecule has 0 aliphatic heterocycles. The molecule has 0 saturated heterocycles. The van der Waals surface area contributed by atoms with Crippen LogP contribution in [-0.4, -0.2) is 12.7 Å². The smallest absolute Gasteiger partial charge is 0.0818 e. The molecule has 0 bridgehead atoms. The first-order valence-electron chi connectivity index (χ1n) is 8.29. The fraction of sp³-hybridized carbons (Fsp3) is 0.400. The molecule has 23 heavy (non-hydrogen) atoms. The second kappa shape index (κ2) is 7.08. The topological polar surface area (TPSA) is 21.3 Å². The van der Waals surface area contributed by atoms with E-state index in [2.05, 4.69) is 68.8 Å². The van der Waals surface area contributed by atoms with Crippen molar-refractivity contribution in [1.29, 1.82) is 0 Å². The van der Waals surface area contributed by atoms with Crippen molar-refractivity contribution >= 4 is 11.9 Å². The van der Waals surface area contributed by atoms with Crippen LogP contribution in [0, 0.1) is 20.8 Å². The second-order valence-corrected chi connectivity index (χ2v) is 7.17. The Bertz CT molecular complexity index is 675. The molecular weight excluding hydrogens is 302 g/mol. The van der Waals surface area contributed by atoms with Crippen molar-refractivity contribution in [2.45, 2.75) is 51.2 Å². The second-order valence-electron chi connectivity index (χ2n) is 6.32. The molecule has 3 rings (SSSR count). The van der Waals surface area contributed by atoms with Gasteiger partial charge in [0.1, 0.15) is 0 Å². The first-order chi connectivity index (χ1) is 11.1. The predicted octanol–water partition coefficient (Wildman–Crippen LogP) is 4.91. The molecule has 3 heteroatoms. The minimum atomic E-state index is 0.218. The zero-order valence-corrected chi connectivity index (χ0v) is 15.2. The molecule has 0 spiro atoms. The summed E-state index contributed by atoms with van der Waals surface area (Å²) >= 11 is 1.74. The van der Waals surface area contributed by atoms with E-state index in [-0.39, 0.29) is 12.1 Å². The van der Waals surface area contributed by atoms with Gasteiger partial charge in [0.25, 0.3) is 0 Å². The molecule has 2 atom stereocenters. The van der Waals surface area contributed by atoms with Gasteiger partial charge in [0.05, 0.1) is 12.1 Å². The zero-order chi connectivity index (χ0) is 16.4. The number of ether oxygens (including phenoxy) is 1. The number of benzene rings is 2. The Morgan fingerprint density at radius 1 is 1.13 bits per heavy atom. The summed E-state index contributed by atoms with van der Waals surface area (Å²) in [5.74, 6) is 0. The van der Waals surface area contributed by atoms with Gasteiger partial charge in [-0.15, -0.1) is 0 Å². The molecule has 2 aromatic carbocycles. The van der Waals surface area contributed by atoms with Crippen LogP contribution in [0.3, 0.4) is 0 Å². The Morgan fingerprint density at radius 2 is 1.83 bits per heavy atom. The molecule has 1 aliphatic carbocycles. The minimum Gasteiger partial charge on any atom is -0.376 e. The summed E-state index contributed by atoms with van der Waals surface area (Å²) in [4.78, 5) is 1.33. The van der Waals surface area contributed by atoms with Crippen LogP contribution in [0.25, 0.3) is 0 Å². The minimum absolute atomic E-state index is 0.218. The monoisotopic (exact) mass is 327 g/mol. The van der Waals surface area contributed by atoms with E-state index in [1.54, 1.807) is 11.9 Å². The van der Waals surface area contributed by atoms with Crippen molar-refractivity contribution in [2.75, 3.05) is 6.61 Å². The highest BCUT2D eigenvalue weighted by Crippen LogP contribution is 2.36. The number of hydrogen-bond donors (Lipinski definition) is 1. The Labute approximate surface area is 143 Å². The fourth-order valence-electron chi connectivity index (χ4n) is 3.52. The molecular formula is C20H25NOS. The Kier molecular flexibility index (Phi) is 5.10. The van der Waals surface area contributed by atoms with Gasteiger partial charge in [-0.3, -0.25) is 0 Å². The first kappa shape index (κ1) is 16.6. The molecule has 0 amide bonds. The summed E-state index contributed by atoms with van der Waals surface area (Å²) in [6.45, 7) is 9.35. The van der Waals surface area contributed by atoms with Crippen LogP contribution in [0.15, 0.2) is 41.3 Å². The lowest BCUT2D eigenvalue weighted by Crippen LogP contribution is -2.27. The quantitative estimate of drug-likeness (QED) is 0.788. The Balaban J connectivity index is 1.81. The van der Waals surface area contributed by atoms with Gasteiger partial charge in [0.15, 0.2) is 0 Å². The van der Waals surface area contributed by atoms with Crippen molar-refractivity contribution in [3.63, 3.8) is 0 Å². The van der Waals surface area contributed by atoms with E-state index in [9.17, 15) is 0 Å². The maximum atomic E-state index is 5.99. The third kappa shape index (κ3) is 3.47. The molecule has 0 radical (unpaired) electrons. The van der Waals surface area contributed by atoms with Crippen LogP contribution in [0.4, 0.5) is 0 Å². The maximum absolute atomic E-state index is 5.99. The summed E-state index contributed by atoms with van der Waals surface area (Å²) in [5, 5.41) is 0. The van der Waals surface area contributed by atoms with E-state index < -0.39 is 0 Å². The van der Waals surface area contributed by atoms with Crippen LogP contribution < -0.4 is 4.72 Å². The molecule has 0 aromatic heterocycles. The van der Waals surface area contributed by atoms with Gasteiger partial charge >= 0.3 is 0 Å². The summed E-state index contributed by atoms with van der Waals surface area (Å²) < 4.78 is 9.67. The third-order valence-corrected chi connectivity index (χ3v) is 5.68. The third-order valence-electron chi connectivity index (χ3n) is 4.46. The summed E-state index contributed by atoms with van der Waals surface area (Å²) in [6.07, 6.45) is 1.21. The normalized spacial score (nSPS) is 19.8. The maximum Gasteiger partial charge on any atom is 0.0818 e. The van der Waals surface area contributed by atoms with Crippen molar-refractivity contribution in [3.05, 3.63) is 64.2 Å². The van der Waals surface area contributed by atoms with E-state index >= 15 is 0 Å². The van der Waals surface area contributed by atoms with Crippen molar-refractivity contribution < 1.29 is 4.74 Å². The van der Waals surface area contributed by atoms with Crippen molar-refractivity contribution in [1.82, 2.24) is 4.72 Å². The highest BCUT2D eigenvalue weighted by Gasteiger charge is 2.32. The molecule has 1 N–H and O–H groups in total. The summed E-state index contributed by atoms with van der Waals surface area (Å²) in [7, 11) is 0. The van der Waals surface area contributed by atoms with Crippen molar-refractivity contribution in [2.24, 2.45) is 0 Å². The molecule has 1 aliphatic rings. The van der Waals surface area contributed by atoms with Crippen LogP contribution in [0.2, 0.25) is 0 Å². The van der Waals surface area contributed by atoms with Crippen LogP contribution in [-0.2, 0) is 11.2 Å². The van der Waals surface area contributed by atoms with Gasteiger partial charge in [0, 0.05) is 17.9 Å². The van der Waals surface area contributed by atoms with Gasteiger partial charge in [-0.05, 0) is 61.9 Å². The highest BCUT2D eigenvalue weighted by molar-refractivity contribution is 7.97. The first-order valence-corrected chi connectivity index (χ1v) is 9.11. The largest absolute Gasteiger partial charge is 0.376 e. The van der Waals surface area contributed by atoms with E-state index in [0.717, 1.165) is 13.0 Å². The standard InChI is InChI=1S/C20H25NOS/c1-5-22-18-12-16-8-6-7-9-17(16)19(18)21-23-20-14(3)10-13(2)11-15(20)4/h6-11,18-19,21H,5,12H2,1-4H3. The summed E-state index contributed by atoms with van der Waals surface area (Å²) in [5.41, 5.74) is 6.77. The zero-order valence-electron chi connectivity index (χ0n) is 14.3. The van der Waals surface area contributed by atoms with Gasteiger partial charge < -0.3 is 4.74 Å². The van der Waals surface area contributed by atoms with Crippen LogP contribution in [0.1, 0.15) is 40.8 Å². The van der Waals surface area contributed by atoms with Crippen LogP contribution in [0.5, 0.6) is 0 Å². The number of nitrogens with one attached hydrogen (secondary N) is 1. The average Bonchev–Trinajstić information content (AvgIpc) is 2.84. The Morgan fingerprint density at radius 3 is 2.52 bits per heavy atom. The fourth-order valence-corrected chi connectivity index (χ4v) is 4.48. The molecule has 2 unspecified atom stereocenters. The molecule has 0 heterocycles.